The minimum Gasteiger partial charge on any atom is -0.491 e. The first-order chi connectivity index (χ1) is 16.3. The van der Waals surface area contributed by atoms with Gasteiger partial charge in [-0.05, 0) is 30.5 Å². The van der Waals surface area contributed by atoms with Gasteiger partial charge in [-0.1, -0.05) is 44.2 Å². The van der Waals surface area contributed by atoms with Crippen LogP contribution >= 0.6 is 0 Å². The second kappa shape index (κ2) is 12.0. The van der Waals surface area contributed by atoms with Crippen molar-refractivity contribution >= 4 is 17.5 Å². The van der Waals surface area contributed by atoms with E-state index in [0.29, 0.717) is 36.6 Å². The third-order valence-electron chi connectivity index (χ3n) is 6.41. The lowest BCUT2D eigenvalue weighted by Crippen LogP contribution is -2.46. The number of nitrogens with one attached hydrogen (secondary N) is 1. The lowest BCUT2D eigenvalue weighted by Gasteiger charge is -2.36. The van der Waals surface area contributed by atoms with E-state index in [2.05, 4.69) is 48.3 Å². The second-order valence-corrected chi connectivity index (χ2v) is 9.12. The molecule has 2 aromatic carbocycles. The van der Waals surface area contributed by atoms with Crippen molar-refractivity contribution in [1.82, 2.24) is 9.80 Å². The molecule has 34 heavy (non-hydrogen) atoms. The van der Waals surface area contributed by atoms with Crippen molar-refractivity contribution in [2.75, 3.05) is 39.2 Å². The average Bonchev–Trinajstić information content (AvgIpc) is 2.84. The molecule has 0 aliphatic carbocycles. The zero-order chi connectivity index (χ0) is 24.7. The van der Waals surface area contributed by atoms with Crippen LogP contribution in [0.1, 0.15) is 43.1 Å². The molecule has 0 aromatic heterocycles. The number of amides is 2. The number of rotatable bonds is 5. The summed E-state index contributed by atoms with van der Waals surface area (Å²) in [5.41, 5.74) is 2.33. The van der Waals surface area contributed by atoms with Gasteiger partial charge in [0.1, 0.15) is 12.4 Å². The molecule has 1 aliphatic heterocycles. The summed E-state index contributed by atoms with van der Waals surface area (Å²) >= 11 is 0. The highest BCUT2D eigenvalue weighted by Crippen LogP contribution is 2.27. The van der Waals surface area contributed by atoms with Crippen LogP contribution in [-0.4, -0.2) is 67.6 Å². The summed E-state index contributed by atoms with van der Waals surface area (Å²) in [6, 6.07) is 15.7. The minimum atomic E-state index is -0.132. The summed E-state index contributed by atoms with van der Waals surface area (Å²) in [7, 11) is 3.49. The van der Waals surface area contributed by atoms with Crippen molar-refractivity contribution in [3.05, 3.63) is 59.7 Å². The Morgan fingerprint density at radius 3 is 2.56 bits per heavy atom. The predicted molar refractivity (Wildman–Crippen MR) is 134 cm³/mol. The molecule has 7 nitrogen and oxygen atoms in total. The monoisotopic (exact) mass is 467 g/mol. The van der Waals surface area contributed by atoms with Crippen molar-refractivity contribution in [2.24, 2.45) is 5.92 Å². The van der Waals surface area contributed by atoms with E-state index in [9.17, 15) is 9.59 Å². The number of likely N-dealkylation sites (N-methyl/N-ethyl adjacent to an activating group) is 1. The van der Waals surface area contributed by atoms with Crippen molar-refractivity contribution in [3.8, 4) is 5.75 Å². The maximum Gasteiger partial charge on any atom is 0.257 e. The maximum absolute atomic E-state index is 13.3. The van der Waals surface area contributed by atoms with E-state index in [1.165, 1.54) is 5.56 Å². The predicted octanol–water partition coefficient (Wildman–Crippen LogP) is 4.04. The molecule has 2 aromatic rings. The van der Waals surface area contributed by atoms with Crippen LogP contribution in [0, 0.1) is 5.92 Å². The zero-order valence-corrected chi connectivity index (χ0v) is 20.9. The third-order valence-corrected chi connectivity index (χ3v) is 6.41. The molecule has 1 aliphatic rings. The first-order valence-corrected chi connectivity index (χ1v) is 11.9. The molecule has 3 atom stereocenters. The summed E-state index contributed by atoms with van der Waals surface area (Å²) in [4.78, 5) is 29.3. The highest BCUT2D eigenvalue weighted by Gasteiger charge is 2.28. The normalized spacial score (nSPS) is 22.2. The van der Waals surface area contributed by atoms with E-state index >= 15 is 0 Å². The smallest absolute Gasteiger partial charge is 0.257 e. The number of methoxy groups -OCH3 is 1. The Morgan fingerprint density at radius 2 is 1.88 bits per heavy atom. The Bertz CT molecular complexity index is 966. The van der Waals surface area contributed by atoms with Gasteiger partial charge in [0.25, 0.3) is 5.91 Å². The highest BCUT2D eigenvalue weighted by atomic mass is 16.5. The molecule has 1 heterocycles. The van der Waals surface area contributed by atoms with Crippen molar-refractivity contribution in [2.45, 2.75) is 45.9 Å². The lowest BCUT2D eigenvalue weighted by molar-refractivity contribution is -0.115. The van der Waals surface area contributed by atoms with Gasteiger partial charge in [0, 0.05) is 58.0 Å². The van der Waals surface area contributed by atoms with Gasteiger partial charge in [-0.15, -0.1) is 0 Å². The van der Waals surface area contributed by atoms with Gasteiger partial charge in [0.05, 0.1) is 11.7 Å². The largest absolute Gasteiger partial charge is 0.491 e. The van der Waals surface area contributed by atoms with Crippen LogP contribution in [-0.2, 0) is 16.1 Å². The number of benzene rings is 2. The summed E-state index contributed by atoms with van der Waals surface area (Å²) in [6.45, 7) is 8.58. The number of anilines is 1. The maximum atomic E-state index is 13.3. The van der Waals surface area contributed by atoms with E-state index in [4.69, 9.17) is 9.47 Å². The number of nitrogens with zero attached hydrogens (tertiary/aromatic N) is 2. The first-order valence-electron chi connectivity index (χ1n) is 11.9. The Labute approximate surface area is 203 Å². The molecule has 2 amide bonds. The number of carbonyl (C=O) groups excluding carboxylic acids is 2. The fourth-order valence-electron chi connectivity index (χ4n) is 4.21. The molecule has 7 heteroatoms. The number of fused-ring (bicyclic) bond motifs is 1. The summed E-state index contributed by atoms with van der Waals surface area (Å²) in [5.74, 6) is 0.458. The van der Waals surface area contributed by atoms with Crippen LogP contribution in [0.15, 0.2) is 48.5 Å². The van der Waals surface area contributed by atoms with Gasteiger partial charge in [0.15, 0.2) is 0 Å². The standard InChI is InChI=1S/C27H37N3O4/c1-6-26(31)28-22-12-13-23-24(14-22)34-18-20(3)30(16-21-10-8-7-9-11-21)15-19(2)25(33-5)17-29(4)27(23)32/h7-14,19-20,25H,6,15-18H2,1-5H3,(H,28,31)/t19-,20-,25+/m1/s1. The molecule has 3 rings (SSSR count). The minimum absolute atomic E-state index is 0.0872. The van der Waals surface area contributed by atoms with E-state index in [0.717, 1.165) is 13.1 Å². The molecule has 0 spiro atoms. The molecule has 0 saturated carbocycles. The molecule has 0 fully saturated rings. The zero-order valence-electron chi connectivity index (χ0n) is 20.9. The Morgan fingerprint density at radius 1 is 1.15 bits per heavy atom. The fraction of sp³-hybridized carbons (Fsp3) is 0.481. The topological polar surface area (TPSA) is 71.1 Å². The molecule has 0 radical (unpaired) electrons. The summed E-state index contributed by atoms with van der Waals surface area (Å²) in [5, 5.41) is 2.85. The molecule has 0 saturated heterocycles. The van der Waals surface area contributed by atoms with Gasteiger partial charge in [-0.3, -0.25) is 14.5 Å². The first kappa shape index (κ1) is 25.7. The van der Waals surface area contributed by atoms with Gasteiger partial charge >= 0.3 is 0 Å². The van der Waals surface area contributed by atoms with E-state index in [1.807, 2.05) is 6.07 Å². The van der Waals surface area contributed by atoms with E-state index in [-0.39, 0.29) is 29.9 Å². The molecule has 0 bridgehead atoms. The summed E-state index contributed by atoms with van der Waals surface area (Å²) in [6.07, 6.45) is 0.271. The fourth-order valence-corrected chi connectivity index (χ4v) is 4.21. The third kappa shape index (κ3) is 6.58. The Kier molecular flexibility index (Phi) is 9.07. The quantitative estimate of drug-likeness (QED) is 0.719. The van der Waals surface area contributed by atoms with Crippen LogP contribution in [0.4, 0.5) is 5.69 Å². The van der Waals surface area contributed by atoms with Crippen LogP contribution in [0.3, 0.4) is 0 Å². The number of ether oxygens (including phenoxy) is 2. The molecular weight excluding hydrogens is 430 g/mol. The van der Waals surface area contributed by atoms with Gasteiger partial charge in [0.2, 0.25) is 5.91 Å². The van der Waals surface area contributed by atoms with E-state index in [1.54, 1.807) is 44.2 Å². The molecule has 1 N–H and O–H groups in total. The van der Waals surface area contributed by atoms with Crippen molar-refractivity contribution in [1.29, 1.82) is 0 Å². The summed E-state index contributed by atoms with van der Waals surface area (Å²) < 4.78 is 12.1. The lowest BCUT2D eigenvalue weighted by atomic mass is 10.0. The number of hydrogen-bond acceptors (Lipinski definition) is 5. The second-order valence-electron chi connectivity index (χ2n) is 9.12. The van der Waals surface area contributed by atoms with Crippen LogP contribution < -0.4 is 10.1 Å². The molecule has 0 unspecified atom stereocenters. The van der Waals surface area contributed by atoms with Crippen LogP contribution in [0.25, 0.3) is 0 Å². The Hall–Kier alpha value is -2.90. The Balaban J connectivity index is 1.94. The molecular formula is C27H37N3O4. The highest BCUT2D eigenvalue weighted by molar-refractivity contribution is 5.98. The van der Waals surface area contributed by atoms with Crippen LogP contribution in [0.5, 0.6) is 5.75 Å². The van der Waals surface area contributed by atoms with Gasteiger partial charge in [-0.2, -0.15) is 0 Å². The van der Waals surface area contributed by atoms with E-state index < -0.39 is 0 Å². The van der Waals surface area contributed by atoms with Gasteiger partial charge < -0.3 is 19.7 Å². The SMILES string of the molecule is CCC(=O)Nc1ccc2c(c1)OC[C@@H](C)N(Cc1ccccc1)C[C@@H](C)[C@@H](OC)CN(C)C2=O. The van der Waals surface area contributed by atoms with Crippen molar-refractivity contribution in [3.63, 3.8) is 0 Å². The average molecular weight is 468 g/mol. The number of hydrogen-bond donors (Lipinski definition) is 1. The van der Waals surface area contributed by atoms with Crippen LogP contribution in [0.2, 0.25) is 0 Å². The van der Waals surface area contributed by atoms with Crippen molar-refractivity contribution < 1.29 is 19.1 Å². The molecule has 184 valence electrons. The number of carbonyl (C=O) groups is 2. The van der Waals surface area contributed by atoms with Gasteiger partial charge in [-0.25, -0.2) is 0 Å².